The molecular formula is C25H23Cl3F5N3O5. The van der Waals surface area contributed by atoms with Crippen LogP contribution in [0.15, 0.2) is 42.5 Å². The lowest BCUT2D eigenvalue weighted by atomic mass is 9.94. The van der Waals surface area contributed by atoms with Crippen molar-refractivity contribution >= 4 is 58.3 Å². The van der Waals surface area contributed by atoms with Gasteiger partial charge in [0.15, 0.2) is 6.61 Å². The number of amides is 3. The van der Waals surface area contributed by atoms with Crippen molar-refractivity contribution in [2.75, 3.05) is 13.2 Å². The van der Waals surface area contributed by atoms with Crippen molar-refractivity contribution in [3.8, 4) is 5.75 Å². The summed E-state index contributed by atoms with van der Waals surface area (Å²) in [4.78, 5) is 50.2. The SMILES string of the molecule is CC(C)C(NC(=O)C(NC(=O)COc1cc(Cl)cc(Cl)c1)c1ccc(Cl)cc1)C(=O)C(F)(F)C(=O)NCC(F)(F)F. The third-order valence-electron chi connectivity index (χ3n) is 5.27. The summed E-state index contributed by atoms with van der Waals surface area (Å²) < 4.78 is 71.5. The van der Waals surface area contributed by atoms with Crippen LogP contribution < -0.4 is 20.7 Å². The molecule has 3 amide bonds. The van der Waals surface area contributed by atoms with E-state index in [1.807, 2.05) is 0 Å². The Labute approximate surface area is 245 Å². The lowest BCUT2D eigenvalue weighted by Crippen LogP contribution is -2.58. The zero-order valence-corrected chi connectivity index (χ0v) is 23.5. The molecule has 0 fully saturated rings. The Kier molecular flexibility index (Phi) is 11.7. The number of ether oxygens (including phenoxy) is 1. The number of carbonyl (C=O) groups excluding carboxylic acids is 4. The van der Waals surface area contributed by atoms with Gasteiger partial charge in [-0.25, -0.2) is 0 Å². The number of alkyl halides is 5. The van der Waals surface area contributed by atoms with Gasteiger partial charge in [0.1, 0.15) is 18.3 Å². The summed E-state index contributed by atoms with van der Waals surface area (Å²) in [6.45, 7) is -0.224. The summed E-state index contributed by atoms with van der Waals surface area (Å²) in [6.07, 6.45) is -5.01. The van der Waals surface area contributed by atoms with Gasteiger partial charge in [-0.05, 0) is 41.8 Å². The van der Waals surface area contributed by atoms with Gasteiger partial charge in [-0.3, -0.25) is 19.2 Å². The van der Waals surface area contributed by atoms with E-state index in [2.05, 4.69) is 10.6 Å². The predicted molar refractivity (Wildman–Crippen MR) is 140 cm³/mol. The quantitative estimate of drug-likeness (QED) is 0.224. The molecule has 0 heterocycles. The fourth-order valence-electron chi connectivity index (χ4n) is 3.29. The van der Waals surface area contributed by atoms with Crippen LogP contribution in [0.3, 0.4) is 0 Å². The molecule has 0 spiro atoms. The highest BCUT2D eigenvalue weighted by molar-refractivity contribution is 6.34. The molecule has 2 unspecified atom stereocenters. The summed E-state index contributed by atoms with van der Waals surface area (Å²) in [7, 11) is 0. The van der Waals surface area contributed by atoms with Crippen LogP contribution in [0.1, 0.15) is 25.5 Å². The highest BCUT2D eigenvalue weighted by Crippen LogP contribution is 2.25. The molecule has 2 atom stereocenters. The fourth-order valence-corrected chi connectivity index (χ4v) is 3.92. The number of rotatable bonds is 12. The smallest absolute Gasteiger partial charge is 0.405 e. The summed E-state index contributed by atoms with van der Waals surface area (Å²) in [5, 5.41) is 6.07. The standard InChI is InChI=1S/C25H23Cl3F5N3O5/c1-12(2)19(21(38)25(32,33)23(40)34-11-24(29,30)31)36-22(39)20(13-3-5-14(26)6-4-13)35-18(37)10-41-17-8-15(27)7-16(28)9-17/h3-9,12,19-20H,10-11H2,1-2H3,(H,34,40)(H,35,37)(H,36,39). The molecule has 224 valence electrons. The zero-order chi connectivity index (χ0) is 31.1. The van der Waals surface area contributed by atoms with Crippen molar-refractivity contribution in [2.24, 2.45) is 5.92 Å². The van der Waals surface area contributed by atoms with E-state index < -0.39 is 66.8 Å². The number of hydrogen-bond donors (Lipinski definition) is 3. The van der Waals surface area contributed by atoms with Gasteiger partial charge in [-0.2, -0.15) is 22.0 Å². The zero-order valence-electron chi connectivity index (χ0n) is 21.3. The number of hydrogen-bond acceptors (Lipinski definition) is 5. The van der Waals surface area contributed by atoms with Gasteiger partial charge in [0.25, 0.3) is 11.8 Å². The molecule has 0 aromatic heterocycles. The van der Waals surface area contributed by atoms with Crippen LogP contribution in [0.2, 0.25) is 15.1 Å². The van der Waals surface area contributed by atoms with Crippen LogP contribution in [-0.2, 0) is 19.2 Å². The molecule has 8 nitrogen and oxygen atoms in total. The topological polar surface area (TPSA) is 114 Å². The van der Waals surface area contributed by atoms with Crippen molar-refractivity contribution in [1.29, 1.82) is 0 Å². The van der Waals surface area contributed by atoms with E-state index in [0.717, 1.165) is 5.32 Å². The fraction of sp³-hybridized carbons (Fsp3) is 0.360. The lowest BCUT2D eigenvalue weighted by Gasteiger charge is -2.27. The first-order valence-corrected chi connectivity index (χ1v) is 12.8. The predicted octanol–water partition coefficient (Wildman–Crippen LogP) is 4.91. The Morgan fingerprint density at radius 2 is 1.41 bits per heavy atom. The van der Waals surface area contributed by atoms with Crippen molar-refractivity contribution in [1.82, 2.24) is 16.0 Å². The molecule has 41 heavy (non-hydrogen) atoms. The van der Waals surface area contributed by atoms with Gasteiger partial charge >= 0.3 is 12.1 Å². The Bertz CT molecular complexity index is 1260. The molecule has 3 N–H and O–H groups in total. The highest BCUT2D eigenvalue weighted by Gasteiger charge is 2.52. The largest absolute Gasteiger partial charge is 0.484 e. The van der Waals surface area contributed by atoms with Crippen molar-refractivity contribution in [3.63, 3.8) is 0 Å². The summed E-state index contributed by atoms with van der Waals surface area (Å²) in [6, 6.07) is 5.98. The van der Waals surface area contributed by atoms with Crippen LogP contribution in [-0.4, -0.2) is 54.8 Å². The van der Waals surface area contributed by atoms with Crippen molar-refractivity contribution in [3.05, 3.63) is 63.1 Å². The minimum absolute atomic E-state index is 0.121. The number of nitrogens with one attached hydrogen (secondary N) is 3. The van der Waals surface area contributed by atoms with Gasteiger partial charge in [0.2, 0.25) is 11.7 Å². The van der Waals surface area contributed by atoms with Crippen LogP contribution in [0.4, 0.5) is 22.0 Å². The molecule has 0 saturated carbocycles. The number of Topliss-reactive ketones (excluding diaryl/α,β-unsaturated/α-hetero) is 1. The third kappa shape index (κ3) is 10.3. The Morgan fingerprint density at radius 1 is 0.854 bits per heavy atom. The second kappa shape index (κ2) is 14.1. The molecule has 0 aliphatic heterocycles. The molecular weight excluding hydrogens is 624 g/mol. The molecule has 0 radical (unpaired) electrons. The summed E-state index contributed by atoms with van der Waals surface area (Å²) in [5.41, 5.74) is 0.121. The van der Waals surface area contributed by atoms with E-state index in [1.54, 1.807) is 0 Å². The van der Waals surface area contributed by atoms with E-state index >= 15 is 0 Å². The molecule has 0 aliphatic rings. The molecule has 16 heteroatoms. The molecule has 2 rings (SSSR count). The van der Waals surface area contributed by atoms with E-state index in [4.69, 9.17) is 39.5 Å². The van der Waals surface area contributed by atoms with Crippen LogP contribution in [0.5, 0.6) is 5.75 Å². The average molecular weight is 647 g/mol. The molecule has 0 aliphatic carbocycles. The van der Waals surface area contributed by atoms with E-state index in [9.17, 15) is 41.1 Å². The molecule has 2 aromatic rings. The van der Waals surface area contributed by atoms with E-state index in [0.29, 0.717) is 0 Å². The minimum Gasteiger partial charge on any atom is -0.484 e. The molecule has 0 bridgehead atoms. The van der Waals surface area contributed by atoms with Gasteiger partial charge in [0.05, 0.1) is 6.04 Å². The van der Waals surface area contributed by atoms with Crippen LogP contribution in [0.25, 0.3) is 0 Å². The van der Waals surface area contributed by atoms with E-state index in [1.165, 1.54) is 56.3 Å². The van der Waals surface area contributed by atoms with Crippen LogP contribution >= 0.6 is 34.8 Å². The Morgan fingerprint density at radius 3 is 1.93 bits per heavy atom. The van der Waals surface area contributed by atoms with Gasteiger partial charge in [-0.15, -0.1) is 0 Å². The van der Waals surface area contributed by atoms with Gasteiger partial charge < -0.3 is 20.7 Å². The molecule has 2 aromatic carbocycles. The number of halogens is 8. The maximum Gasteiger partial charge on any atom is 0.405 e. The normalized spacial score (nSPS) is 13.2. The second-order valence-corrected chi connectivity index (χ2v) is 10.2. The van der Waals surface area contributed by atoms with Gasteiger partial charge in [0, 0.05) is 15.1 Å². The second-order valence-electron chi connectivity index (χ2n) is 8.91. The first-order valence-electron chi connectivity index (χ1n) is 11.6. The maximum absolute atomic E-state index is 14.5. The van der Waals surface area contributed by atoms with E-state index in [-0.39, 0.29) is 26.4 Å². The molecule has 0 saturated heterocycles. The number of carbonyl (C=O) groups is 4. The maximum atomic E-state index is 14.5. The third-order valence-corrected chi connectivity index (χ3v) is 5.96. The summed E-state index contributed by atoms with van der Waals surface area (Å²) in [5.74, 6) is -12.5. The van der Waals surface area contributed by atoms with Crippen LogP contribution in [0, 0.1) is 5.92 Å². The lowest BCUT2D eigenvalue weighted by molar-refractivity contribution is -0.165. The van der Waals surface area contributed by atoms with Crippen molar-refractivity contribution < 1.29 is 45.9 Å². The first kappa shape index (κ1) is 34.0. The highest BCUT2D eigenvalue weighted by atomic mass is 35.5. The Balaban J connectivity index is 2.25. The van der Waals surface area contributed by atoms with Gasteiger partial charge in [-0.1, -0.05) is 60.8 Å². The Hall–Kier alpha value is -3.16. The number of benzene rings is 2. The summed E-state index contributed by atoms with van der Waals surface area (Å²) >= 11 is 17.7. The van der Waals surface area contributed by atoms with Crippen molar-refractivity contribution in [2.45, 2.75) is 38.0 Å². The monoisotopic (exact) mass is 645 g/mol. The minimum atomic E-state index is -5.01. The number of ketones is 1. The first-order chi connectivity index (χ1) is 18.9. The average Bonchev–Trinajstić information content (AvgIpc) is 2.86.